The molecule has 1 amide bonds. The summed E-state index contributed by atoms with van der Waals surface area (Å²) in [5.74, 6) is -0.277. The minimum absolute atomic E-state index is 0.0428. The van der Waals surface area contributed by atoms with E-state index in [9.17, 15) is 20.1 Å². The molecule has 0 aliphatic heterocycles. The van der Waals surface area contributed by atoms with Crippen LogP contribution in [0, 0.1) is 0 Å². The molecule has 0 aliphatic carbocycles. The van der Waals surface area contributed by atoms with Gasteiger partial charge in [0.25, 0.3) is 0 Å². The average Bonchev–Trinajstić information content (AvgIpc) is 3.16. The molecule has 5 heteroatoms. The average molecular weight is 766 g/mol. The number of hydrogen-bond acceptors (Lipinski definition) is 4. The maximum absolute atomic E-state index is 12.5. The molecular formula is C49H99NO4. The topological polar surface area (TPSA) is 89.8 Å². The summed E-state index contributed by atoms with van der Waals surface area (Å²) in [4.78, 5) is 12.5. The summed E-state index contributed by atoms with van der Waals surface area (Å²) >= 11 is 0. The monoisotopic (exact) mass is 766 g/mol. The van der Waals surface area contributed by atoms with Crippen LogP contribution in [0.5, 0.6) is 0 Å². The van der Waals surface area contributed by atoms with Crippen molar-refractivity contribution in [3.63, 3.8) is 0 Å². The lowest BCUT2D eigenvalue weighted by atomic mass is 10.0. The van der Waals surface area contributed by atoms with Gasteiger partial charge in [0.2, 0.25) is 5.91 Å². The molecule has 0 saturated carbocycles. The third-order valence-electron chi connectivity index (χ3n) is 11.9. The van der Waals surface area contributed by atoms with Gasteiger partial charge in [0.15, 0.2) is 0 Å². The van der Waals surface area contributed by atoms with Gasteiger partial charge in [-0.25, -0.2) is 0 Å². The van der Waals surface area contributed by atoms with Crippen molar-refractivity contribution in [2.24, 2.45) is 0 Å². The number of rotatable bonds is 46. The van der Waals surface area contributed by atoms with E-state index >= 15 is 0 Å². The van der Waals surface area contributed by atoms with E-state index < -0.39 is 18.2 Å². The molecule has 0 heterocycles. The minimum Gasteiger partial charge on any atom is -0.394 e. The van der Waals surface area contributed by atoms with E-state index in [0.717, 1.165) is 25.7 Å². The highest BCUT2D eigenvalue weighted by atomic mass is 16.3. The van der Waals surface area contributed by atoms with E-state index in [0.29, 0.717) is 12.8 Å². The molecule has 0 aliphatic rings. The van der Waals surface area contributed by atoms with Crippen molar-refractivity contribution in [3.05, 3.63) is 0 Å². The van der Waals surface area contributed by atoms with Crippen LogP contribution < -0.4 is 5.32 Å². The third kappa shape index (κ3) is 41.0. The molecule has 54 heavy (non-hydrogen) atoms. The highest BCUT2D eigenvalue weighted by Crippen LogP contribution is 2.18. The van der Waals surface area contributed by atoms with E-state index in [1.807, 2.05) is 0 Å². The second-order valence-corrected chi connectivity index (χ2v) is 17.4. The van der Waals surface area contributed by atoms with E-state index in [1.165, 1.54) is 225 Å². The van der Waals surface area contributed by atoms with Gasteiger partial charge in [-0.3, -0.25) is 4.79 Å². The molecule has 0 aromatic heterocycles. The summed E-state index contributed by atoms with van der Waals surface area (Å²) in [6.07, 6.45) is 52.4. The van der Waals surface area contributed by atoms with Crippen LogP contribution in [0.3, 0.4) is 0 Å². The van der Waals surface area contributed by atoms with Crippen LogP contribution in [0.25, 0.3) is 0 Å². The molecule has 4 N–H and O–H groups in total. The summed E-state index contributed by atoms with van der Waals surface area (Å²) < 4.78 is 0. The maximum Gasteiger partial charge on any atom is 0.222 e. The Labute approximate surface area is 338 Å². The van der Waals surface area contributed by atoms with Gasteiger partial charge < -0.3 is 20.6 Å². The van der Waals surface area contributed by atoms with Gasteiger partial charge in [0.05, 0.1) is 31.3 Å². The van der Waals surface area contributed by atoms with Crippen LogP contribution >= 0.6 is 0 Å². The van der Waals surface area contributed by atoms with Crippen molar-refractivity contribution in [3.8, 4) is 0 Å². The van der Waals surface area contributed by atoms with E-state index in [4.69, 9.17) is 0 Å². The van der Waals surface area contributed by atoms with Gasteiger partial charge >= 0.3 is 0 Å². The van der Waals surface area contributed by atoms with Crippen molar-refractivity contribution in [2.75, 3.05) is 6.61 Å². The van der Waals surface area contributed by atoms with Gasteiger partial charge in [0.1, 0.15) is 0 Å². The molecule has 3 unspecified atom stereocenters. The molecule has 0 aromatic carbocycles. The number of hydrogen-bond donors (Lipinski definition) is 4. The lowest BCUT2D eigenvalue weighted by Gasteiger charge is -2.23. The largest absolute Gasteiger partial charge is 0.394 e. The Morgan fingerprint density at radius 2 is 0.630 bits per heavy atom. The fraction of sp³-hybridized carbons (Fsp3) is 0.980. The molecule has 3 atom stereocenters. The molecule has 0 spiro atoms. The Morgan fingerprint density at radius 1 is 0.389 bits per heavy atom. The van der Waals surface area contributed by atoms with Crippen molar-refractivity contribution >= 4 is 5.91 Å². The highest BCUT2D eigenvalue weighted by Gasteiger charge is 2.21. The molecule has 0 aromatic rings. The van der Waals surface area contributed by atoms with Gasteiger partial charge in [-0.05, 0) is 12.8 Å². The minimum atomic E-state index is -0.744. The summed E-state index contributed by atoms with van der Waals surface area (Å²) in [7, 11) is 0. The van der Waals surface area contributed by atoms with E-state index in [-0.39, 0.29) is 18.9 Å². The lowest BCUT2D eigenvalue weighted by Crippen LogP contribution is -2.46. The Bertz CT molecular complexity index is 718. The molecule has 324 valence electrons. The van der Waals surface area contributed by atoms with E-state index in [2.05, 4.69) is 19.2 Å². The van der Waals surface area contributed by atoms with Crippen molar-refractivity contribution in [2.45, 2.75) is 302 Å². The van der Waals surface area contributed by atoms with Crippen molar-refractivity contribution < 1.29 is 20.1 Å². The quantitative estimate of drug-likeness (QED) is 0.0465. The fourth-order valence-corrected chi connectivity index (χ4v) is 8.11. The number of carbonyl (C=O) groups is 1. The van der Waals surface area contributed by atoms with Crippen LogP contribution in [-0.4, -0.2) is 46.1 Å². The summed E-state index contributed by atoms with van der Waals surface area (Å²) in [6, 6.07) is -0.653. The Balaban J connectivity index is 3.51. The number of nitrogens with one attached hydrogen (secondary N) is 1. The standard InChI is InChI=1S/C49H99NO4/c1-3-5-7-9-11-13-15-17-19-20-21-22-23-24-25-26-27-28-29-31-33-35-37-39-41-43-48(53)47(45-51)50-49(54)44-46(52)42-40-38-36-34-32-30-18-16-14-12-10-8-6-4-2/h46-48,51-53H,3-45H2,1-2H3,(H,50,54). The number of aliphatic hydroxyl groups is 3. The Morgan fingerprint density at radius 3 is 0.889 bits per heavy atom. The second kappa shape index (κ2) is 45.1. The molecule has 0 radical (unpaired) electrons. The van der Waals surface area contributed by atoms with Crippen LogP contribution in [0.15, 0.2) is 0 Å². The predicted octanol–water partition coefficient (Wildman–Crippen LogP) is 14.6. The summed E-state index contributed by atoms with van der Waals surface area (Å²) in [6.45, 7) is 4.29. The van der Waals surface area contributed by atoms with Gasteiger partial charge in [-0.1, -0.05) is 264 Å². The normalized spacial score (nSPS) is 13.4. The summed E-state index contributed by atoms with van der Waals surface area (Å²) in [5.41, 5.74) is 0. The second-order valence-electron chi connectivity index (χ2n) is 17.4. The third-order valence-corrected chi connectivity index (χ3v) is 11.9. The van der Waals surface area contributed by atoms with Crippen LogP contribution in [-0.2, 0) is 4.79 Å². The van der Waals surface area contributed by atoms with Crippen molar-refractivity contribution in [1.82, 2.24) is 5.32 Å². The molecule has 0 saturated heterocycles. The number of amides is 1. The van der Waals surface area contributed by atoms with Crippen LogP contribution in [0.4, 0.5) is 0 Å². The zero-order valence-electron chi connectivity index (χ0n) is 36.9. The summed E-state index contributed by atoms with van der Waals surface area (Å²) in [5, 5.41) is 33.5. The first-order chi connectivity index (χ1) is 26.5. The van der Waals surface area contributed by atoms with Gasteiger partial charge in [-0.15, -0.1) is 0 Å². The van der Waals surface area contributed by atoms with E-state index in [1.54, 1.807) is 0 Å². The molecular weight excluding hydrogens is 667 g/mol. The zero-order chi connectivity index (χ0) is 39.4. The van der Waals surface area contributed by atoms with Gasteiger partial charge in [0, 0.05) is 0 Å². The number of aliphatic hydroxyl groups excluding tert-OH is 3. The molecule has 0 rings (SSSR count). The molecule has 5 nitrogen and oxygen atoms in total. The molecule has 0 bridgehead atoms. The highest BCUT2D eigenvalue weighted by molar-refractivity contribution is 5.76. The lowest BCUT2D eigenvalue weighted by molar-refractivity contribution is -0.125. The Kier molecular flexibility index (Phi) is 44.5. The number of carbonyl (C=O) groups excluding carboxylic acids is 1. The SMILES string of the molecule is CCCCCCCCCCCCCCCCCCCCCCCCCCCC(O)C(CO)NC(=O)CC(O)CCCCCCCCCCCCCCCC. The van der Waals surface area contributed by atoms with Crippen LogP contribution in [0.1, 0.15) is 284 Å². The number of unbranched alkanes of at least 4 members (excludes halogenated alkanes) is 37. The smallest absolute Gasteiger partial charge is 0.222 e. The van der Waals surface area contributed by atoms with Gasteiger partial charge in [-0.2, -0.15) is 0 Å². The maximum atomic E-state index is 12.5. The first-order valence-corrected chi connectivity index (χ1v) is 24.8. The molecule has 0 fully saturated rings. The fourth-order valence-electron chi connectivity index (χ4n) is 8.11. The predicted molar refractivity (Wildman–Crippen MR) is 236 cm³/mol. The first-order valence-electron chi connectivity index (χ1n) is 24.8. The Hall–Kier alpha value is -0.650. The van der Waals surface area contributed by atoms with Crippen molar-refractivity contribution in [1.29, 1.82) is 0 Å². The first kappa shape index (κ1) is 53.4. The van der Waals surface area contributed by atoms with Crippen LogP contribution in [0.2, 0.25) is 0 Å². The zero-order valence-corrected chi connectivity index (χ0v) is 36.9.